The Balaban J connectivity index is 1.31. The lowest BCUT2D eigenvalue weighted by atomic mass is 9.77. The maximum atomic E-state index is 13.6. The van der Waals surface area contributed by atoms with Crippen molar-refractivity contribution in [3.8, 4) is 23.0 Å². The van der Waals surface area contributed by atoms with Crippen LogP contribution in [0.25, 0.3) is 0 Å². The third kappa shape index (κ3) is 4.01. The van der Waals surface area contributed by atoms with E-state index in [4.69, 9.17) is 4.74 Å². The maximum Gasteiger partial charge on any atom is 0.266 e. The molecule has 0 aliphatic carbocycles. The fraction of sp³-hybridized carbons (Fsp3) is 0.152. The summed E-state index contributed by atoms with van der Waals surface area (Å²) in [5.74, 6) is -1.54. The standard InChI is InChI=1S/C33H26N2O7/c1-17-13-18(5-11-27(17)36)33(2,3)19-6-12-28(37)26(14-19)35-31(40)23-10-8-21(16-25(23)32(35)41)42-20-7-9-22-24(15-20)30(39)34(4)29(22)38/h5-16,36-37H,1-4H3. The number of carbonyl (C=O) groups is 4. The third-order valence-electron chi connectivity index (χ3n) is 8.01. The molecule has 0 spiro atoms. The fourth-order valence-electron chi connectivity index (χ4n) is 5.34. The predicted octanol–water partition coefficient (Wildman–Crippen LogP) is 5.55. The Labute approximate surface area is 241 Å². The second kappa shape index (κ2) is 9.31. The van der Waals surface area contributed by atoms with Gasteiger partial charge in [-0.05, 0) is 78.2 Å². The number of aromatic hydroxyl groups is 2. The van der Waals surface area contributed by atoms with E-state index in [1.54, 1.807) is 31.2 Å². The van der Waals surface area contributed by atoms with Gasteiger partial charge >= 0.3 is 0 Å². The zero-order valence-electron chi connectivity index (χ0n) is 23.3. The van der Waals surface area contributed by atoms with Crippen molar-refractivity contribution in [1.82, 2.24) is 4.90 Å². The molecule has 4 aromatic rings. The number of phenols is 2. The smallest absolute Gasteiger partial charge is 0.266 e. The first-order valence-corrected chi connectivity index (χ1v) is 13.2. The summed E-state index contributed by atoms with van der Waals surface area (Å²) >= 11 is 0. The van der Waals surface area contributed by atoms with Gasteiger partial charge in [0.2, 0.25) is 0 Å². The van der Waals surface area contributed by atoms with Crippen LogP contribution in [0.1, 0.15) is 72.0 Å². The van der Waals surface area contributed by atoms with Gasteiger partial charge in [0.05, 0.1) is 27.9 Å². The van der Waals surface area contributed by atoms with Gasteiger partial charge in [-0.1, -0.05) is 32.0 Å². The van der Waals surface area contributed by atoms with Crippen LogP contribution in [-0.2, 0) is 5.41 Å². The molecule has 2 heterocycles. The van der Waals surface area contributed by atoms with E-state index >= 15 is 0 Å². The largest absolute Gasteiger partial charge is 0.508 e. The average molecular weight is 563 g/mol. The number of anilines is 1. The maximum absolute atomic E-state index is 13.6. The highest BCUT2D eigenvalue weighted by atomic mass is 16.5. The number of carbonyl (C=O) groups excluding carboxylic acids is 4. The van der Waals surface area contributed by atoms with Gasteiger partial charge in [-0.3, -0.25) is 24.1 Å². The number of amides is 4. The highest BCUT2D eigenvalue weighted by Crippen LogP contribution is 2.41. The molecule has 2 aliphatic rings. The average Bonchev–Trinajstić information content (AvgIpc) is 3.33. The fourth-order valence-corrected chi connectivity index (χ4v) is 5.34. The van der Waals surface area contributed by atoms with E-state index in [-0.39, 0.29) is 50.9 Å². The molecule has 4 amide bonds. The van der Waals surface area contributed by atoms with Crippen LogP contribution in [0.15, 0.2) is 72.8 Å². The summed E-state index contributed by atoms with van der Waals surface area (Å²) in [7, 11) is 1.41. The Morgan fingerprint density at radius 1 is 0.619 bits per heavy atom. The quantitative estimate of drug-likeness (QED) is 0.306. The minimum atomic E-state index is -0.623. The topological polar surface area (TPSA) is 124 Å². The van der Waals surface area contributed by atoms with Crippen molar-refractivity contribution in [2.24, 2.45) is 0 Å². The number of ether oxygens (including phenoxy) is 1. The van der Waals surface area contributed by atoms with E-state index in [2.05, 4.69) is 0 Å². The van der Waals surface area contributed by atoms with E-state index in [0.717, 1.165) is 20.9 Å². The molecule has 0 radical (unpaired) electrons. The number of imide groups is 2. The highest BCUT2D eigenvalue weighted by Gasteiger charge is 2.39. The molecule has 9 nitrogen and oxygen atoms in total. The number of fused-ring (bicyclic) bond motifs is 2. The van der Waals surface area contributed by atoms with Crippen LogP contribution < -0.4 is 9.64 Å². The summed E-state index contributed by atoms with van der Waals surface area (Å²) < 4.78 is 5.90. The van der Waals surface area contributed by atoms with Crippen molar-refractivity contribution in [3.63, 3.8) is 0 Å². The summed E-state index contributed by atoms with van der Waals surface area (Å²) in [5.41, 5.74) is 2.59. The SMILES string of the molecule is Cc1cc(C(C)(C)c2ccc(O)c(N3C(=O)c4ccc(Oc5ccc6c(c5)C(=O)N(C)C6=O)cc4C3=O)c2)ccc1O. The molecule has 0 atom stereocenters. The van der Waals surface area contributed by atoms with E-state index in [0.29, 0.717) is 5.56 Å². The number of aryl methyl sites for hydroxylation is 1. The molecule has 42 heavy (non-hydrogen) atoms. The van der Waals surface area contributed by atoms with Crippen molar-refractivity contribution < 1.29 is 34.1 Å². The molecule has 9 heteroatoms. The molecule has 0 unspecified atom stereocenters. The molecule has 6 rings (SSSR count). The molecular formula is C33H26N2O7. The molecule has 0 aromatic heterocycles. The third-order valence-corrected chi connectivity index (χ3v) is 8.01. The number of nitrogens with zero attached hydrogens (tertiary/aromatic N) is 2. The van der Waals surface area contributed by atoms with Crippen molar-refractivity contribution in [2.45, 2.75) is 26.2 Å². The van der Waals surface area contributed by atoms with Crippen molar-refractivity contribution in [3.05, 3.63) is 112 Å². The molecule has 0 bridgehead atoms. The zero-order chi connectivity index (χ0) is 30.1. The molecule has 0 fully saturated rings. The van der Waals surface area contributed by atoms with Crippen molar-refractivity contribution >= 4 is 29.3 Å². The molecule has 210 valence electrons. The van der Waals surface area contributed by atoms with Crippen LogP contribution in [-0.4, -0.2) is 45.8 Å². The van der Waals surface area contributed by atoms with E-state index in [1.807, 2.05) is 26.0 Å². The van der Waals surface area contributed by atoms with Gasteiger partial charge < -0.3 is 14.9 Å². The van der Waals surface area contributed by atoms with Gasteiger partial charge in [0.15, 0.2) is 0 Å². The Bertz CT molecular complexity index is 1870. The first-order chi connectivity index (χ1) is 19.9. The van der Waals surface area contributed by atoms with Gasteiger partial charge in [-0.25, -0.2) is 4.90 Å². The lowest BCUT2D eigenvalue weighted by Gasteiger charge is -2.28. The molecule has 0 saturated carbocycles. The number of rotatable bonds is 5. The van der Waals surface area contributed by atoms with Gasteiger partial charge in [-0.2, -0.15) is 0 Å². The first kappa shape index (κ1) is 26.8. The van der Waals surface area contributed by atoms with Crippen LogP contribution in [0.4, 0.5) is 5.69 Å². The first-order valence-electron chi connectivity index (χ1n) is 13.2. The molecule has 2 N–H and O–H groups in total. The van der Waals surface area contributed by atoms with Gasteiger partial charge in [0.1, 0.15) is 23.0 Å². The van der Waals surface area contributed by atoms with Crippen LogP contribution in [0.2, 0.25) is 0 Å². The lowest BCUT2D eigenvalue weighted by molar-refractivity contribution is 0.0692. The summed E-state index contributed by atoms with van der Waals surface area (Å²) in [6, 6.07) is 19.1. The highest BCUT2D eigenvalue weighted by molar-refractivity contribution is 6.35. The van der Waals surface area contributed by atoms with Gasteiger partial charge in [0.25, 0.3) is 23.6 Å². The Hall–Kier alpha value is -5.44. The number of hydrogen-bond acceptors (Lipinski definition) is 7. The number of hydrogen-bond donors (Lipinski definition) is 2. The second-order valence-electron chi connectivity index (χ2n) is 11.0. The Kier molecular flexibility index (Phi) is 5.93. The molecule has 4 aromatic carbocycles. The van der Waals surface area contributed by atoms with Crippen LogP contribution in [0.5, 0.6) is 23.0 Å². The number of benzene rings is 4. The van der Waals surface area contributed by atoms with Gasteiger partial charge in [0, 0.05) is 12.5 Å². The normalized spacial score (nSPS) is 14.5. The summed E-state index contributed by atoms with van der Waals surface area (Å²) in [6.45, 7) is 5.75. The Morgan fingerprint density at radius 3 is 1.74 bits per heavy atom. The predicted molar refractivity (Wildman–Crippen MR) is 154 cm³/mol. The second-order valence-corrected chi connectivity index (χ2v) is 11.0. The van der Waals surface area contributed by atoms with E-state index in [9.17, 15) is 29.4 Å². The lowest BCUT2D eigenvalue weighted by Crippen LogP contribution is -2.30. The minimum Gasteiger partial charge on any atom is -0.508 e. The van der Waals surface area contributed by atoms with Crippen LogP contribution in [0.3, 0.4) is 0 Å². The summed E-state index contributed by atoms with van der Waals surface area (Å²) in [4.78, 5) is 53.5. The van der Waals surface area contributed by atoms with E-state index < -0.39 is 29.0 Å². The van der Waals surface area contributed by atoms with Crippen LogP contribution >= 0.6 is 0 Å². The van der Waals surface area contributed by atoms with E-state index in [1.165, 1.54) is 43.4 Å². The molecular weight excluding hydrogens is 536 g/mol. The number of phenolic OH excluding ortho intramolecular Hbond substituents is 2. The summed E-state index contributed by atoms with van der Waals surface area (Å²) in [6.07, 6.45) is 0. The monoisotopic (exact) mass is 562 g/mol. The van der Waals surface area contributed by atoms with Crippen LogP contribution in [0, 0.1) is 6.92 Å². The van der Waals surface area contributed by atoms with Crippen molar-refractivity contribution in [1.29, 1.82) is 0 Å². The molecule has 2 aliphatic heterocycles. The Morgan fingerprint density at radius 2 is 1.12 bits per heavy atom. The zero-order valence-corrected chi connectivity index (χ0v) is 23.3. The minimum absolute atomic E-state index is 0.0515. The molecule has 0 saturated heterocycles. The summed E-state index contributed by atoms with van der Waals surface area (Å²) in [5, 5.41) is 20.7. The van der Waals surface area contributed by atoms with Gasteiger partial charge in [-0.15, -0.1) is 0 Å². The van der Waals surface area contributed by atoms with Crippen molar-refractivity contribution in [2.75, 3.05) is 11.9 Å².